The number of piperazine rings is 1. The van der Waals surface area contributed by atoms with Gasteiger partial charge in [0, 0.05) is 55.1 Å². The van der Waals surface area contributed by atoms with Gasteiger partial charge in [0.15, 0.2) is 5.76 Å². The van der Waals surface area contributed by atoms with Crippen LogP contribution in [0.4, 0.5) is 0 Å². The summed E-state index contributed by atoms with van der Waals surface area (Å²) in [4.78, 5) is 2.33. The van der Waals surface area contributed by atoms with E-state index in [2.05, 4.69) is 36.0 Å². The topological polar surface area (TPSA) is 52.7 Å². The van der Waals surface area contributed by atoms with E-state index in [0.717, 1.165) is 38.5 Å². The number of aliphatic hydroxyl groups excluding tert-OH is 1. The van der Waals surface area contributed by atoms with E-state index in [1.54, 1.807) is 0 Å². The molecule has 84 valence electrons. The Morgan fingerprint density at radius 3 is 2.73 bits per heavy atom. The first-order chi connectivity index (χ1) is 7.28. The second-order valence-electron chi connectivity index (χ2n) is 3.63. The second kappa shape index (κ2) is 5.24. The Kier molecular flexibility index (Phi) is 3.95. The third kappa shape index (κ3) is 3.13. The third-order valence-electron chi connectivity index (χ3n) is 2.47. The van der Waals surface area contributed by atoms with Crippen molar-refractivity contribution in [1.82, 2.24) is 13.2 Å². The summed E-state index contributed by atoms with van der Waals surface area (Å²) >= 11 is 2.35. The first-order valence-electron chi connectivity index (χ1n) is 4.96. The molecule has 2 rings (SSSR count). The fourth-order valence-electron chi connectivity index (χ4n) is 1.61. The van der Waals surface area contributed by atoms with Crippen LogP contribution in [-0.2, 0) is 13.2 Å². The molecule has 6 heteroatoms. The lowest BCUT2D eigenvalue weighted by Crippen LogP contribution is -2.41. The summed E-state index contributed by atoms with van der Waals surface area (Å²) in [5.41, 5.74) is 0.609. The molecule has 15 heavy (non-hydrogen) atoms. The number of aromatic nitrogens is 1. The molecule has 0 unspecified atom stereocenters. The monoisotopic (exact) mass is 323 g/mol. The molecule has 0 radical (unpaired) electrons. The molecule has 5 nitrogen and oxygen atoms in total. The van der Waals surface area contributed by atoms with Crippen molar-refractivity contribution in [2.24, 2.45) is 0 Å². The summed E-state index contributed by atoms with van der Waals surface area (Å²) in [6.45, 7) is 5.02. The van der Waals surface area contributed by atoms with Gasteiger partial charge in [-0.1, -0.05) is 5.16 Å². The van der Waals surface area contributed by atoms with E-state index >= 15 is 0 Å². The van der Waals surface area contributed by atoms with Gasteiger partial charge in [-0.15, -0.1) is 0 Å². The molecule has 0 saturated carbocycles. The molecule has 1 fully saturated rings. The SMILES string of the molecule is OCc1cc(CN2CCN(I)CC2)on1. The maximum absolute atomic E-state index is 8.85. The standard InChI is InChI=1S/C9H14IN3O2/c10-13-3-1-12(2-4-13)6-9-5-8(7-14)11-15-9/h5,14H,1-4,6-7H2. The summed E-state index contributed by atoms with van der Waals surface area (Å²) in [6.07, 6.45) is 0. The van der Waals surface area contributed by atoms with Gasteiger partial charge in [0.05, 0.1) is 13.2 Å². The van der Waals surface area contributed by atoms with Gasteiger partial charge in [-0.3, -0.25) is 4.90 Å². The van der Waals surface area contributed by atoms with E-state index in [4.69, 9.17) is 9.63 Å². The van der Waals surface area contributed by atoms with Gasteiger partial charge < -0.3 is 9.63 Å². The Hall–Kier alpha value is -0.180. The van der Waals surface area contributed by atoms with Gasteiger partial charge in [0.25, 0.3) is 0 Å². The van der Waals surface area contributed by atoms with Crippen LogP contribution in [0.15, 0.2) is 10.6 Å². The average molecular weight is 323 g/mol. The highest BCUT2D eigenvalue weighted by atomic mass is 127. The van der Waals surface area contributed by atoms with Gasteiger partial charge in [-0.25, -0.2) is 3.11 Å². The summed E-state index contributed by atoms with van der Waals surface area (Å²) in [7, 11) is 0. The van der Waals surface area contributed by atoms with Crippen LogP contribution < -0.4 is 0 Å². The summed E-state index contributed by atoms with van der Waals surface area (Å²) < 4.78 is 7.40. The lowest BCUT2D eigenvalue weighted by Gasteiger charge is -2.30. The van der Waals surface area contributed by atoms with E-state index in [0.29, 0.717) is 5.69 Å². The van der Waals surface area contributed by atoms with Crippen molar-refractivity contribution in [2.45, 2.75) is 13.2 Å². The fourth-order valence-corrected chi connectivity index (χ4v) is 2.04. The molecule has 0 aromatic carbocycles. The van der Waals surface area contributed by atoms with Gasteiger partial charge in [0.1, 0.15) is 5.69 Å². The van der Waals surface area contributed by atoms with Crippen LogP contribution in [0.25, 0.3) is 0 Å². The molecule has 1 aliphatic rings. The van der Waals surface area contributed by atoms with Crippen molar-refractivity contribution in [1.29, 1.82) is 0 Å². The zero-order valence-corrected chi connectivity index (χ0v) is 10.6. The minimum Gasteiger partial charge on any atom is -0.390 e. The van der Waals surface area contributed by atoms with Crippen LogP contribution in [-0.4, -0.2) is 44.5 Å². The second-order valence-corrected chi connectivity index (χ2v) is 4.99. The molecule has 1 aromatic rings. The zero-order chi connectivity index (χ0) is 10.7. The van der Waals surface area contributed by atoms with E-state index in [-0.39, 0.29) is 6.61 Å². The Morgan fingerprint density at radius 1 is 1.40 bits per heavy atom. The average Bonchev–Trinajstić information content (AvgIpc) is 2.69. The molecule has 0 spiro atoms. The van der Waals surface area contributed by atoms with Crippen molar-refractivity contribution >= 4 is 22.9 Å². The zero-order valence-electron chi connectivity index (χ0n) is 8.40. The number of nitrogens with zero attached hydrogens (tertiary/aromatic N) is 3. The summed E-state index contributed by atoms with van der Waals surface area (Å²) in [5, 5.41) is 12.6. The normalized spacial score (nSPS) is 19.6. The van der Waals surface area contributed by atoms with E-state index in [9.17, 15) is 0 Å². The number of hydrogen-bond donors (Lipinski definition) is 1. The first-order valence-corrected chi connectivity index (χ1v) is 5.93. The molecule has 0 aliphatic carbocycles. The molecule has 0 atom stereocenters. The predicted octanol–water partition coefficient (Wildman–Crippen LogP) is 0.635. The maximum Gasteiger partial charge on any atom is 0.151 e. The maximum atomic E-state index is 8.85. The number of hydrogen-bond acceptors (Lipinski definition) is 5. The predicted molar refractivity (Wildman–Crippen MR) is 63.3 cm³/mol. The highest BCUT2D eigenvalue weighted by Crippen LogP contribution is 2.11. The summed E-state index contributed by atoms with van der Waals surface area (Å²) in [6, 6.07) is 1.82. The number of aliphatic hydroxyl groups is 1. The minimum absolute atomic E-state index is 0.0506. The molecule has 0 amide bonds. The van der Waals surface area contributed by atoms with E-state index in [1.165, 1.54) is 0 Å². The van der Waals surface area contributed by atoms with Gasteiger partial charge in [-0.05, 0) is 0 Å². The molecule has 1 N–H and O–H groups in total. The van der Waals surface area contributed by atoms with Crippen molar-refractivity contribution in [2.75, 3.05) is 26.2 Å². The molecular formula is C9H14IN3O2. The molecule has 1 saturated heterocycles. The molecule has 2 heterocycles. The molecule has 1 aliphatic heterocycles. The van der Waals surface area contributed by atoms with Gasteiger partial charge in [0.2, 0.25) is 0 Å². The van der Waals surface area contributed by atoms with Crippen LogP contribution in [0.1, 0.15) is 11.5 Å². The quantitative estimate of drug-likeness (QED) is 0.653. The third-order valence-corrected chi connectivity index (χ3v) is 3.43. The minimum atomic E-state index is -0.0506. The van der Waals surface area contributed by atoms with Crippen molar-refractivity contribution in [3.63, 3.8) is 0 Å². The van der Waals surface area contributed by atoms with Crippen LogP contribution in [0.5, 0.6) is 0 Å². The molecular weight excluding hydrogens is 309 g/mol. The highest BCUT2D eigenvalue weighted by molar-refractivity contribution is 14.1. The fraction of sp³-hybridized carbons (Fsp3) is 0.667. The van der Waals surface area contributed by atoms with Crippen LogP contribution in [0.2, 0.25) is 0 Å². The van der Waals surface area contributed by atoms with Crippen LogP contribution in [0, 0.1) is 0 Å². The highest BCUT2D eigenvalue weighted by Gasteiger charge is 2.16. The molecule has 1 aromatic heterocycles. The van der Waals surface area contributed by atoms with Crippen LogP contribution in [0.3, 0.4) is 0 Å². The Morgan fingerprint density at radius 2 is 2.13 bits per heavy atom. The van der Waals surface area contributed by atoms with Gasteiger partial charge in [-0.2, -0.15) is 0 Å². The molecule has 0 bridgehead atoms. The van der Waals surface area contributed by atoms with E-state index < -0.39 is 0 Å². The van der Waals surface area contributed by atoms with Crippen LogP contribution >= 0.6 is 22.9 Å². The number of halogens is 1. The largest absolute Gasteiger partial charge is 0.390 e. The summed E-state index contributed by atoms with van der Waals surface area (Å²) in [5.74, 6) is 0.834. The number of rotatable bonds is 3. The van der Waals surface area contributed by atoms with Crippen molar-refractivity contribution in [3.8, 4) is 0 Å². The smallest absolute Gasteiger partial charge is 0.151 e. The Balaban J connectivity index is 1.86. The van der Waals surface area contributed by atoms with Crippen molar-refractivity contribution in [3.05, 3.63) is 17.5 Å². The Bertz CT molecular complexity index is 310. The first kappa shape index (κ1) is 11.3. The van der Waals surface area contributed by atoms with E-state index in [1.807, 2.05) is 6.07 Å². The van der Waals surface area contributed by atoms with Crippen molar-refractivity contribution < 1.29 is 9.63 Å². The lowest BCUT2D eigenvalue weighted by atomic mass is 10.3. The van der Waals surface area contributed by atoms with Gasteiger partial charge >= 0.3 is 0 Å². The Labute approximate surface area is 103 Å². The lowest BCUT2D eigenvalue weighted by molar-refractivity contribution is 0.179.